The zero-order valence-corrected chi connectivity index (χ0v) is 26.5. The summed E-state index contributed by atoms with van der Waals surface area (Å²) in [6, 6.07) is 7.37. The first-order chi connectivity index (χ1) is 22.4. The number of nitrogens with two attached hydrogens (primary N) is 1. The van der Waals surface area contributed by atoms with E-state index in [0.717, 1.165) is 29.0 Å². The molecule has 0 fully saturated rings. The van der Waals surface area contributed by atoms with Crippen molar-refractivity contribution in [3.8, 4) is 0 Å². The number of nitrogens with one attached hydrogen (secondary N) is 3. The monoisotopic (exact) mass is 645 g/mol. The molecule has 0 unspecified atom stereocenters. The standard InChI is InChI=1S/C31H47N7O8/c1-25-5-7-26(8-6-25)36-31(42)35-12-3-2-4-27(37-32)24-33-14-17-44-19-21-46-23-22-45-20-18-43-16-11-28(39)34-13-15-38-29(40)9-10-30(38)41/h5-10,24H,2-4,11-23,32H2,1H3,(H,34,39)(H2,35,36,42)/b33-24?,37-27-. The van der Waals surface area contributed by atoms with Gasteiger partial charge >= 0.3 is 6.03 Å². The van der Waals surface area contributed by atoms with Crippen LogP contribution < -0.4 is 21.8 Å². The molecular formula is C31H47N7O8. The molecular weight excluding hydrogens is 598 g/mol. The predicted octanol–water partition coefficient (Wildman–Crippen LogP) is 1.17. The van der Waals surface area contributed by atoms with Crippen molar-refractivity contribution >= 4 is 41.4 Å². The number of amides is 5. The van der Waals surface area contributed by atoms with Gasteiger partial charge in [-0.3, -0.25) is 24.3 Å². The summed E-state index contributed by atoms with van der Waals surface area (Å²) in [4.78, 5) is 52.0. The number of anilines is 1. The molecule has 0 aliphatic carbocycles. The van der Waals surface area contributed by atoms with Gasteiger partial charge in [-0.05, 0) is 38.3 Å². The first-order valence-corrected chi connectivity index (χ1v) is 15.4. The van der Waals surface area contributed by atoms with Crippen molar-refractivity contribution in [1.82, 2.24) is 15.5 Å². The highest BCUT2D eigenvalue weighted by atomic mass is 16.6. The summed E-state index contributed by atoms with van der Waals surface area (Å²) in [6.45, 7) is 6.46. The molecule has 5 N–H and O–H groups in total. The third-order valence-electron chi connectivity index (χ3n) is 6.37. The van der Waals surface area contributed by atoms with E-state index in [1.807, 2.05) is 31.2 Å². The number of carbonyl (C=O) groups is 4. The summed E-state index contributed by atoms with van der Waals surface area (Å²) in [7, 11) is 0. The number of hydrogen-bond donors (Lipinski definition) is 4. The van der Waals surface area contributed by atoms with Crippen molar-refractivity contribution in [1.29, 1.82) is 0 Å². The van der Waals surface area contributed by atoms with Crippen LogP contribution in [0.4, 0.5) is 10.5 Å². The molecule has 0 atom stereocenters. The van der Waals surface area contributed by atoms with Gasteiger partial charge in [0.1, 0.15) is 0 Å². The molecule has 0 spiro atoms. The summed E-state index contributed by atoms with van der Waals surface area (Å²) >= 11 is 0. The van der Waals surface area contributed by atoms with Gasteiger partial charge in [0.15, 0.2) is 0 Å². The molecule has 1 aromatic carbocycles. The largest absolute Gasteiger partial charge is 0.379 e. The average molecular weight is 646 g/mol. The third-order valence-corrected chi connectivity index (χ3v) is 6.37. The molecule has 1 heterocycles. The zero-order valence-electron chi connectivity index (χ0n) is 26.5. The topological polar surface area (TPSA) is 195 Å². The lowest BCUT2D eigenvalue weighted by Crippen LogP contribution is -2.38. The van der Waals surface area contributed by atoms with E-state index in [2.05, 4.69) is 26.0 Å². The Kier molecular flexibility index (Phi) is 19.9. The summed E-state index contributed by atoms with van der Waals surface area (Å²) in [5, 5.41) is 12.0. The molecule has 0 aromatic heterocycles. The Morgan fingerprint density at radius 3 is 2.04 bits per heavy atom. The van der Waals surface area contributed by atoms with Gasteiger partial charge in [-0.15, -0.1) is 0 Å². The van der Waals surface area contributed by atoms with E-state index >= 15 is 0 Å². The second-order valence-corrected chi connectivity index (χ2v) is 10.1. The fourth-order valence-electron chi connectivity index (χ4n) is 3.87. The fourth-order valence-corrected chi connectivity index (χ4v) is 3.87. The number of urea groups is 1. The Morgan fingerprint density at radius 2 is 1.41 bits per heavy atom. The number of hydrazone groups is 1. The minimum Gasteiger partial charge on any atom is -0.379 e. The maximum atomic E-state index is 12.0. The van der Waals surface area contributed by atoms with E-state index in [4.69, 9.17) is 24.8 Å². The van der Waals surface area contributed by atoms with Crippen molar-refractivity contribution in [2.45, 2.75) is 32.6 Å². The Balaban J connectivity index is 1.31. The molecule has 15 nitrogen and oxygen atoms in total. The molecule has 0 radical (unpaired) electrons. The number of nitrogens with zero attached hydrogens (tertiary/aromatic N) is 3. The number of aryl methyl sites for hydroxylation is 1. The predicted molar refractivity (Wildman–Crippen MR) is 174 cm³/mol. The van der Waals surface area contributed by atoms with Crippen LogP contribution in [0.2, 0.25) is 0 Å². The molecule has 2 rings (SSSR count). The van der Waals surface area contributed by atoms with E-state index in [0.29, 0.717) is 71.5 Å². The lowest BCUT2D eigenvalue weighted by atomic mass is 10.2. The first-order valence-electron chi connectivity index (χ1n) is 15.4. The van der Waals surface area contributed by atoms with E-state index < -0.39 is 0 Å². The molecule has 1 aliphatic rings. The van der Waals surface area contributed by atoms with Crippen LogP contribution in [0.3, 0.4) is 0 Å². The quantitative estimate of drug-likeness (QED) is 0.0397. The van der Waals surface area contributed by atoms with Gasteiger partial charge in [0.25, 0.3) is 11.8 Å². The van der Waals surface area contributed by atoms with Crippen LogP contribution in [0.1, 0.15) is 31.2 Å². The Morgan fingerprint density at radius 1 is 0.804 bits per heavy atom. The lowest BCUT2D eigenvalue weighted by molar-refractivity contribution is -0.137. The van der Waals surface area contributed by atoms with Crippen LogP contribution in [0.15, 0.2) is 46.5 Å². The van der Waals surface area contributed by atoms with Crippen molar-refractivity contribution in [3.05, 3.63) is 42.0 Å². The smallest absolute Gasteiger partial charge is 0.319 e. The highest BCUT2D eigenvalue weighted by molar-refractivity contribution is 6.30. The second-order valence-electron chi connectivity index (χ2n) is 10.1. The van der Waals surface area contributed by atoms with Gasteiger partial charge in [0, 0.05) is 50.1 Å². The van der Waals surface area contributed by atoms with Crippen LogP contribution in [-0.2, 0) is 33.3 Å². The molecule has 5 amide bonds. The number of imide groups is 1. The zero-order chi connectivity index (χ0) is 33.2. The van der Waals surface area contributed by atoms with Crippen LogP contribution >= 0.6 is 0 Å². The van der Waals surface area contributed by atoms with Crippen molar-refractivity contribution in [3.63, 3.8) is 0 Å². The van der Waals surface area contributed by atoms with Crippen LogP contribution in [-0.4, -0.2) is 120 Å². The molecule has 254 valence electrons. The highest BCUT2D eigenvalue weighted by Gasteiger charge is 2.22. The lowest BCUT2D eigenvalue weighted by Gasteiger charge is -2.14. The van der Waals surface area contributed by atoms with Crippen LogP contribution in [0.25, 0.3) is 0 Å². The Hall–Kier alpha value is -4.18. The number of ether oxygens (including phenoxy) is 4. The average Bonchev–Trinajstić information content (AvgIpc) is 3.36. The normalized spacial score (nSPS) is 13.2. The maximum Gasteiger partial charge on any atom is 0.319 e. The van der Waals surface area contributed by atoms with Crippen LogP contribution in [0.5, 0.6) is 0 Å². The molecule has 0 saturated carbocycles. The van der Waals surface area contributed by atoms with Crippen molar-refractivity contribution < 1.29 is 38.1 Å². The van der Waals surface area contributed by atoms with Crippen molar-refractivity contribution in [2.75, 3.05) is 84.4 Å². The Bertz CT molecular complexity index is 1140. The first kappa shape index (κ1) is 38.0. The number of carbonyl (C=O) groups excluding carboxylic acids is 4. The molecule has 0 bridgehead atoms. The summed E-state index contributed by atoms with van der Waals surface area (Å²) in [6.07, 6.45) is 6.49. The fraction of sp³-hybridized carbons (Fsp3) is 0.548. The van der Waals surface area contributed by atoms with Crippen LogP contribution in [0, 0.1) is 6.92 Å². The molecule has 1 aromatic rings. The minimum atomic E-state index is -0.371. The van der Waals surface area contributed by atoms with Gasteiger partial charge < -0.3 is 40.7 Å². The van der Waals surface area contributed by atoms with Gasteiger partial charge in [0.2, 0.25) is 5.91 Å². The summed E-state index contributed by atoms with van der Waals surface area (Å²) in [5.41, 5.74) is 2.57. The van der Waals surface area contributed by atoms with Gasteiger partial charge in [-0.2, -0.15) is 5.10 Å². The van der Waals surface area contributed by atoms with Gasteiger partial charge in [0.05, 0.1) is 65.1 Å². The molecule has 15 heteroatoms. The number of benzene rings is 1. The van der Waals surface area contributed by atoms with Crippen molar-refractivity contribution in [2.24, 2.45) is 15.9 Å². The van der Waals surface area contributed by atoms with E-state index in [9.17, 15) is 19.2 Å². The number of hydrogen-bond acceptors (Lipinski definition) is 11. The molecule has 1 aliphatic heterocycles. The number of unbranched alkanes of at least 4 members (excludes halogenated alkanes) is 1. The van der Waals surface area contributed by atoms with E-state index in [1.54, 1.807) is 6.21 Å². The Labute approximate surface area is 269 Å². The molecule has 46 heavy (non-hydrogen) atoms. The van der Waals surface area contributed by atoms with Gasteiger partial charge in [-0.25, -0.2) is 4.79 Å². The maximum absolute atomic E-state index is 12.0. The summed E-state index contributed by atoms with van der Waals surface area (Å²) < 4.78 is 21.8. The second kappa shape index (κ2) is 24.1. The third kappa shape index (κ3) is 17.9. The summed E-state index contributed by atoms with van der Waals surface area (Å²) in [5.74, 6) is 4.50. The SMILES string of the molecule is Cc1ccc(NC(=O)NCCCC/C(C=NCCOCCOCCOCCOCCC(=O)NCCN2C(=O)C=CC2=O)=N/N)cc1. The number of rotatable bonds is 25. The van der Waals surface area contributed by atoms with Gasteiger partial charge in [-0.1, -0.05) is 17.7 Å². The van der Waals surface area contributed by atoms with E-state index in [-0.39, 0.29) is 49.9 Å². The minimum absolute atomic E-state index is 0.139. The molecule has 0 saturated heterocycles. The van der Waals surface area contributed by atoms with E-state index in [1.165, 1.54) is 12.2 Å². The highest BCUT2D eigenvalue weighted by Crippen LogP contribution is 2.08. The number of aliphatic imine (C=N–C) groups is 1.